The molecule has 0 aliphatic carbocycles. The number of hydrogen-bond donors (Lipinski definition) is 2. The maximum atomic E-state index is 12.5. The first kappa shape index (κ1) is 21.5. The Morgan fingerprint density at radius 3 is 2.41 bits per heavy atom. The number of nitro groups is 1. The van der Waals surface area contributed by atoms with E-state index in [1.54, 1.807) is 0 Å². The summed E-state index contributed by atoms with van der Waals surface area (Å²) in [5.74, 6) is -1.38. The summed E-state index contributed by atoms with van der Waals surface area (Å²) < 4.78 is 37.4. The van der Waals surface area contributed by atoms with Gasteiger partial charge in [0.15, 0.2) is 0 Å². The van der Waals surface area contributed by atoms with Gasteiger partial charge in [-0.1, -0.05) is 18.2 Å². The molecule has 8 nitrogen and oxygen atoms in total. The molecule has 0 heterocycles. The summed E-state index contributed by atoms with van der Waals surface area (Å²) in [6, 6.07) is 8.04. The summed E-state index contributed by atoms with van der Waals surface area (Å²) in [5, 5.41) is 16.8. The van der Waals surface area contributed by atoms with Crippen molar-refractivity contribution in [2.24, 2.45) is 5.10 Å². The number of aryl methyl sites for hydroxylation is 1. The van der Waals surface area contributed by atoms with Crippen LogP contribution in [0.3, 0.4) is 0 Å². The molecular weight excluding hydrogens is 393 g/mol. The van der Waals surface area contributed by atoms with Gasteiger partial charge in [-0.25, -0.2) is 5.43 Å². The molecule has 0 fully saturated rings. The van der Waals surface area contributed by atoms with Crippen molar-refractivity contribution in [3.63, 3.8) is 0 Å². The van der Waals surface area contributed by atoms with Crippen molar-refractivity contribution in [2.45, 2.75) is 13.1 Å². The minimum Gasteiger partial charge on any atom is -0.343 e. The van der Waals surface area contributed by atoms with Crippen molar-refractivity contribution in [1.82, 2.24) is 10.7 Å². The Kier molecular flexibility index (Phi) is 6.65. The standard InChI is InChI=1S/C18H15F3N4O4/c1-11-2-5-13(8-15(11)25(28)29)17(27)22-10-16(26)24-23-9-12-3-6-14(7-4-12)18(19,20)21/h2-9H,10H2,1H3,(H,22,27)(H,24,26)/b23-9-. The zero-order valence-electron chi connectivity index (χ0n) is 15.0. The molecule has 152 valence electrons. The third-order valence-corrected chi connectivity index (χ3v) is 3.72. The molecule has 2 amide bonds. The summed E-state index contributed by atoms with van der Waals surface area (Å²) in [6.45, 7) is 1.08. The smallest absolute Gasteiger partial charge is 0.343 e. The van der Waals surface area contributed by atoms with Gasteiger partial charge in [-0.2, -0.15) is 18.3 Å². The number of alkyl halides is 3. The zero-order valence-corrected chi connectivity index (χ0v) is 15.0. The largest absolute Gasteiger partial charge is 0.416 e. The van der Waals surface area contributed by atoms with Gasteiger partial charge in [-0.3, -0.25) is 19.7 Å². The molecule has 0 bridgehead atoms. The lowest BCUT2D eigenvalue weighted by molar-refractivity contribution is -0.385. The predicted octanol–water partition coefficient (Wildman–Crippen LogP) is 2.80. The number of rotatable bonds is 6. The van der Waals surface area contributed by atoms with E-state index in [1.807, 2.05) is 0 Å². The second-order valence-electron chi connectivity index (χ2n) is 5.85. The number of carbonyl (C=O) groups is 2. The van der Waals surface area contributed by atoms with Gasteiger partial charge in [-0.05, 0) is 30.7 Å². The molecule has 0 aliphatic rings. The Balaban J connectivity index is 1.87. The van der Waals surface area contributed by atoms with E-state index in [9.17, 15) is 32.9 Å². The maximum Gasteiger partial charge on any atom is 0.416 e. The second kappa shape index (κ2) is 8.95. The fraction of sp³-hybridized carbons (Fsp3) is 0.167. The number of nitrogens with one attached hydrogen (secondary N) is 2. The van der Waals surface area contributed by atoms with Gasteiger partial charge in [0.1, 0.15) is 0 Å². The van der Waals surface area contributed by atoms with Crippen LogP contribution < -0.4 is 10.7 Å². The molecular formula is C18H15F3N4O4. The molecule has 0 saturated heterocycles. The molecule has 2 rings (SSSR count). The third-order valence-electron chi connectivity index (χ3n) is 3.72. The Bertz CT molecular complexity index is 957. The molecule has 2 aromatic carbocycles. The van der Waals surface area contributed by atoms with Gasteiger partial charge >= 0.3 is 6.18 Å². The van der Waals surface area contributed by atoms with Crippen molar-refractivity contribution >= 4 is 23.7 Å². The van der Waals surface area contributed by atoms with Crippen molar-refractivity contribution in [2.75, 3.05) is 6.54 Å². The monoisotopic (exact) mass is 408 g/mol. The molecule has 11 heteroatoms. The minimum absolute atomic E-state index is 0.0170. The van der Waals surface area contributed by atoms with Crippen LogP contribution in [0.5, 0.6) is 0 Å². The number of carbonyl (C=O) groups excluding carboxylic acids is 2. The van der Waals surface area contributed by atoms with Crippen LogP contribution in [0, 0.1) is 17.0 Å². The summed E-state index contributed by atoms with van der Waals surface area (Å²) in [4.78, 5) is 34.0. The lowest BCUT2D eigenvalue weighted by Gasteiger charge is -2.06. The third kappa shape index (κ3) is 6.13. The summed E-state index contributed by atoms with van der Waals surface area (Å²) in [6.07, 6.45) is -3.30. The summed E-state index contributed by atoms with van der Waals surface area (Å²) in [5.41, 5.74) is 1.82. The molecule has 0 spiro atoms. The van der Waals surface area contributed by atoms with E-state index in [2.05, 4.69) is 15.8 Å². The lowest BCUT2D eigenvalue weighted by atomic mass is 10.1. The summed E-state index contributed by atoms with van der Waals surface area (Å²) in [7, 11) is 0. The molecule has 0 aromatic heterocycles. The number of halogens is 3. The average molecular weight is 408 g/mol. The van der Waals surface area contributed by atoms with Crippen LogP contribution in [0.4, 0.5) is 18.9 Å². The van der Waals surface area contributed by atoms with E-state index in [4.69, 9.17) is 0 Å². The first-order valence-electron chi connectivity index (χ1n) is 8.10. The number of nitrogens with zero attached hydrogens (tertiary/aromatic N) is 2. The minimum atomic E-state index is -4.44. The van der Waals surface area contributed by atoms with Crippen LogP contribution in [0.15, 0.2) is 47.6 Å². The number of nitro benzene ring substituents is 1. The highest BCUT2D eigenvalue weighted by Gasteiger charge is 2.29. The topological polar surface area (TPSA) is 114 Å². The molecule has 0 unspecified atom stereocenters. The summed E-state index contributed by atoms with van der Waals surface area (Å²) >= 11 is 0. The van der Waals surface area contributed by atoms with E-state index in [-0.39, 0.29) is 11.3 Å². The van der Waals surface area contributed by atoms with Crippen molar-refractivity contribution in [1.29, 1.82) is 0 Å². The van der Waals surface area contributed by atoms with Crippen LogP contribution in [0.1, 0.15) is 27.0 Å². The average Bonchev–Trinajstić information content (AvgIpc) is 2.66. The van der Waals surface area contributed by atoms with E-state index < -0.39 is 35.0 Å². The zero-order chi connectivity index (χ0) is 21.6. The normalized spacial score (nSPS) is 11.3. The van der Waals surface area contributed by atoms with E-state index >= 15 is 0 Å². The fourth-order valence-electron chi connectivity index (χ4n) is 2.19. The molecule has 0 radical (unpaired) electrons. The Morgan fingerprint density at radius 2 is 1.83 bits per heavy atom. The van der Waals surface area contributed by atoms with Crippen LogP contribution >= 0.6 is 0 Å². The molecule has 0 aliphatic heterocycles. The van der Waals surface area contributed by atoms with Gasteiger partial charge in [-0.15, -0.1) is 0 Å². The number of amides is 2. The quantitative estimate of drug-likeness (QED) is 0.435. The SMILES string of the molecule is Cc1ccc(C(=O)NCC(=O)N/N=C\c2ccc(C(F)(F)F)cc2)cc1[N+](=O)[O-]. The highest BCUT2D eigenvalue weighted by molar-refractivity contribution is 5.97. The van der Waals surface area contributed by atoms with Gasteiger partial charge < -0.3 is 5.32 Å². The first-order valence-corrected chi connectivity index (χ1v) is 8.10. The fourth-order valence-corrected chi connectivity index (χ4v) is 2.19. The van der Waals surface area contributed by atoms with Crippen LogP contribution in [0.2, 0.25) is 0 Å². The number of hydrogen-bond acceptors (Lipinski definition) is 5. The highest BCUT2D eigenvalue weighted by atomic mass is 19.4. The van der Waals surface area contributed by atoms with Gasteiger partial charge in [0.05, 0.1) is 23.2 Å². The van der Waals surface area contributed by atoms with Crippen molar-refractivity contribution in [3.05, 3.63) is 74.8 Å². The van der Waals surface area contributed by atoms with Crippen LogP contribution in [-0.4, -0.2) is 29.5 Å². The Labute approximate surface area is 162 Å². The Morgan fingerprint density at radius 1 is 1.17 bits per heavy atom. The molecule has 2 aromatic rings. The van der Waals surface area contributed by atoms with Crippen LogP contribution in [0.25, 0.3) is 0 Å². The number of benzene rings is 2. The molecule has 2 N–H and O–H groups in total. The molecule has 29 heavy (non-hydrogen) atoms. The second-order valence-corrected chi connectivity index (χ2v) is 5.85. The molecule has 0 atom stereocenters. The maximum absolute atomic E-state index is 12.5. The van der Waals surface area contributed by atoms with Gasteiger partial charge in [0.2, 0.25) is 0 Å². The van der Waals surface area contributed by atoms with E-state index in [1.165, 1.54) is 31.2 Å². The predicted molar refractivity (Wildman–Crippen MR) is 97.3 cm³/mol. The van der Waals surface area contributed by atoms with E-state index in [0.717, 1.165) is 24.4 Å². The van der Waals surface area contributed by atoms with Gasteiger partial charge in [0, 0.05) is 17.2 Å². The first-order chi connectivity index (χ1) is 13.6. The van der Waals surface area contributed by atoms with E-state index in [0.29, 0.717) is 11.1 Å². The Hall–Kier alpha value is -3.76. The lowest BCUT2D eigenvalue weighted by Crippen LogP contribution is -2.34. The van der Waals surface area contributed by atoms with Crippen molar-refractivity contribution in [3.8, 4) is 0 Å². The highest BCUT2D eigenvalue weighted by Crippen LogP contribution is 2.28. The van der Waals surface area contributed by atoms with Gasteiger partial charge in [0.25, 0.3) is 17.5 Å². The van der Waals surface area contributed by atoms with Crippen LogP contribution in [-0.2, 0) is 11.0 Å². The molecule has 0 saturated carbocycles. The number of hydrazone groups is 1. The van der Waals surface area contributed by atoms with Crippen molar-refractivity contribution < 1.29 is 27.7 Å².